The van der Waals surface area contributed by atoms with Crippen LogP contribution in [0.2, 0.25) is 0 Å². The van der Waals surface area contributed by atoms with Gasteiger partial charge in [-0.2, -0.15) is 0 Å². The predicted octanol–water partition coefficient (Wildman–Crippen LogP) is 1.81. The SMILES string of the molecule is CCC1CCC(O)(CNC(=O)[C@@H](N)[C@@H](C)CC)CC1. The summed E-state index contributed by atoms with van der Waals surface area (Å²) >= 11 is 0. The predicted molar refractivity (Wildman–Crippen MR) is 77.6 cm³/mol. The number of hydrogen-bond acceptors (Lipinski definition) is 3. The van der Waals surface area contributed by atoms with Gasteiger partial charge in [0.2, 0.25) is 5.91 Å². The van der Waals surface area contributed by atoms with Crippen molar-refractivity contribution in [3.63, 3.8) is 0 Å². The van der Waals surface area contributed by atoms with Crippen LogP contribution in [0.15, 0.2) is 0 Å². The van der Waals surface area contributed by atoms with Crippen molar-refractivity contribution in [2.24, 2.45) is 17.6 Å². The highest BCUT2D eigenvalue weighted by atomic mass is 16.3. The zero-order chi connectivity index (χ0) is 14.5. The molecule has 1 fully saturated rings. The van der Waals surface area contributed by atoms with Gasteiger partial charge in [0.15, 0.2) is 0 Å². The fourth-order valence-corrected chi connectivity index (χ4v) is 2.68. The molecule has 0 aromatic heterocycles. The molecule has 0 radical (unpaired) electrons. The first-order valence-electron chi connectivity index (χ1n) is 7.67. The summed E-state index contributed by atoms with van der Waals surface area (Å²) in [4.78, 5) is 11.9. The van der Waals surface area contributed by atoms with Crippen molar-refractivity contribution in [1.29, 1.82) is 0 Å². The number of amides is 1. The number of carbonyl (C=O) groups excluding carboxylic acids is 1. The molecule has 0 spiro atoms. The summed E-state index contributed by atoms with van der Waals surface area (Å²) in [7, 11) is 0. The van der Waals surface area contributed by atoms with Gasteiger partial charge in [-0.15, -0.1) is 0 Å². The van der Waals surface area contributed by atoms with Crippen molar-refractivity contribution in [3.05, 3.63) is 0 Å². The molecule has 1 amide bonds. The number of carbonyl (C=O) groups is 1. The first-order chi connectivity index (χ1) is 8.91. The average molecular weight is 270 g/mol. The number of nitrogens with two attached hydrogens (primary N) is 1. The molecule has 2 atom stereocenters. The van der Waals surface area contributed by atoms with Crippen LogP contribution < -0.4 is 11.1 Å². The molecule has 0 aromatic rings. The summed E-state index contributed by atoms with van der Waals surface area (Å²) in [5.41, 5.74) is 5.15. The Morgan fingerprint density at radius 1 is 1.42 bits per heavy atom. The van der Waals surface area contributed by atoms with E-state index in [-0.39, 0.29) is 11.8 Å². The van der Waals surface area contributed by atoms with Crippen LogP contribution in [0.5, 0.6) is 0 Å². The molecular weight excluding hydrogens is 240 g/mol. The van der Waals surface area contributed by atoms with E-state index < -0.39 is 11.6 Å². The molecule has 4 nitrogen and oxygen atoms in total. The van der Waals surface area contributed by atoms with Crippen LogP contribution in [-0.4, -0.2) is 29.2 Å². The molecule has 1 rings (SSSR count). The third-order valence-electron chi connectivity index (χ3n) is 4.76. The van der Waals surface area contributed by atoms with Crippen molar-refractivity contribution in [2.75, 3.05) is 6.54 Å². The molecule has 0 aromatic carbocycles. The fraction of sp³-hybridized carbons (Fsp3) is 0.933. The highest BCUT2D eigenvalue weighted by molar-refractivity contribution is 5.81. The van der Waals surface area contributed by atoms with Crippen LogP contribution in [-0.2, 0) is 4.79 Å². The monoisotopic (exact) mass is 270 g/mol. The van der Waals surface area contributed by atoms with Gasteiger partial charge in [-0.1, -0.05) is 33.6 Å². The molecule has 19 heavy (non-hydrogen) atoms. The van der Waals surface area contributed by atoms with Crippen molar-refractivity contribution in [2.45, 2.75) is 70.9 Å². The second-order valence-electron chi connectivity index (χ2n) is 6.21. The molecule has 4 N–H and O–H groups in total. The van der Waals surface area contributed by atoms with E-state index in [1.807, 2.05) is 13.8 Å². The topological polar surface area (TPSA) is 75.3 Å². The van der Waals surface area contributed by atoms with E-state index >= 15 is 0 Å². The number of nitrogens with one attached hydrogen (secondary N) is 1. The van der Waals surface area contributed by atoms with E-state index in [1.165, 1.54) is 6.42 Å². The van der Waals surface area contributed by atoms with E-state index in [1.54, 1.807) is 0 Å². The van der Waals surface area contributed by atoms with Crippen LogP contribution in [0.25, 0.3) is 0 Å². The van der Waals surface area contributed by atoms with Crippen LogP contribution >= 0.6 is 0 Å². The quantitative estimate of drug-likeness (QED) is 0.689. The third kappa shape index (κ3) is 4.77. The average Bonchev–Trinajstić information content (AvgIpc) is 2.44. The minimum absolute atomic E-state index is 0.139. The van der Waals surface area contributed by atoms with Gasteiger partial charge in [-0.25, -0.2) is 0 Å². The molecule has 0 unspecified atom stereocenters. The van der Waals surface area contributed by atoms with Crippen molar-refractivity contribution >= 4 is 5.91 Å². The summed E-state index contributed by atoms with van der Waals surface area (Å²) < 4.78 is 0. The zero-order valence-electron chi connectivity index (χ0n) is 12.6. The second kappa shape index (κ2) is 7.25. The lowest BCUT2D eigenvalue weighted by atomic mass is 9.78. The smallest absolute Gasteiger partial charge is 0.237 e. The maximum absolute atomic E-state index is 11.9. The Bertz CT molecular complexity index is 286. The molecular formula is C15H30N2O2. The molecule has 0 saturated heterocycles. The molecule has 1 saturated carbocycles. The Morgan fingerprint density at radius 2 is 2.00 bits per heavy atom. The number of aliphatic hydroxyl groups is 1. The maximum Gasteiger partial charge on any atom is 0.237 e. The Hall–Kier alpha value is -0.610. The minimum Gasteiger partial charge on any atom is -0.388 e. The van der Waals surface area contributed by atoms with Gasteiger partial charge in [0.1, 0.15) is 0 Å². The molecule has 0 bridgehead atoms. The summed E-state index contributed by atoms with van der Waals surface area (Å²) in [6, 6.07) is -0.472. The Labute approximate surface area is 117 Å². The van der Waals surface area contributed by atoms with Gasteiger partial charge in [-0.05, 0) is 37.5 Å². The second-order valence-corrected chi connectivity index (χ2v) is 6.21. The summed E-state index contributed by atoms with van der Waals surface area (Å²) in [6.07, 6.45) is 5.74. The molecule has 1 aliphatic rings. The van der Waals surface area contributed by atoms with Crippen molar-refractivity contribution < 1.29 is 9.90 Å². The Kier molecular flexibility index (Phi) is 6.27. The highest BCUT2D eigenvalue weighted by Crippen LogP contribution is 2.33. The molecule has 112 valence electrons. The molecule has 0 heterocycles. The zero-order valence-corrected chi connectivity index (χ0v) is 12.6. The largest absolute Gasteiger partial charge is 0.388 e. The standard InChI is InChI=1S/C15H30N2O2/c1-4-11(3)13(16)14(18)17-10-15(19)8-6-12(5-2)7-9-15/h11-13,19H,4-10,16H2,1-3H3,(H,17,18)/t11-,12?,13-,15?/m0/s1. The Balaban J connectivity index is 2.37. The first kappa shape index (κ1) is 16.4. The number of hydrogen-bond donors (Lipinski definition) is 3. The van der Waals surface area contributed by atoms with Crippen molar-refractivity contribution in [3.8, 4) is 0 Å². The molecule has 1 aliphatic carbocycles. The van der Waals surface area contributed by atoms with Gasteiger partial charge in [0, 0.05) is 6.54 Å². The number of rotatable bonds is 6. The van der Waals surface area contributed by atoms with E-state index in [4.69, 9.17) is 5.73 Å². The summed E-state index contributed by atoms with van der Waals surface area (Å²) in [5.74, 6) is 0.768. The normalized spacial score (nSPS) is 30.7. The van der Waals surface area contributed by atoms with E-state index in [2.05, 4.69) is 12.2 Å². The van der Waals surface area contributed by atoms with Gasteiger partial charge in [-0.3, -0.25) is 4.79 Å². The fourth-order valence-electron chi connectivity index (χ4n) is 2.68. The summed E-state index contributed by atoms with van der Waals surface area (Å²) in [5, 5.41) is 13.3. The lowest BCUT2D eigenvalue weighted by Gasteiger charge is -2.36. The molecule has 4 heteroatoms. The lowest BCUT2D eigenvalue weighted by molar-refractivity contribution is -0.125. The summed E-state index contributed by atoms with van der Waals surface area (Å²) in [6.45, 7) is 6.54. The van der Waals surface area contributed by atoms with Gasteiger partial charge < -0.3 is 16.2 Å². The van der Waals surface area contributed by atoms with Crippen LogP contribution in [0.4, 0.5) is 0 Å². The van der Waals surface area contributed by atoms with Crippen LogP contribution in [0.3, 0.4) is 0 Å². The van der Waals surface area contributed by atoms with E-state index in [0.717, 1.165) is 38.0 Å². The van der Waals surface area contributed by atoms with Gasteiger partial charge in [0.25, 0.3) is 0 Å². The lowest BCUT2D eigenvalue weighted by Crippen LogP contribution is -2.51. The van der Waals surface area contributed by atoms with Gasteiger partial charge in [0.05, 0.1) is 11.6 Å². The first-order valence-corrected chi connectivity index (χ1v) is 7.67. The third-order valence-corrected chi connectivity index (χ3v) is 4.76. The van der Waals surface area contributed by atoms with Gasteiger partial charge >= 0.3 is 0 Å². The maximum atomic E-state index is 11.9. The van der Waals surface area contributed by atoms with Crippen LogP contribution in [0.1, 0.15) is 59.3 Å². The Morgan fingerprint density at radius 3 is 2.47 bits per heavy atom. The highest BCUT2D eigenvalue weighted by Gasteiger charge is 2.33. The minimum atomic E-state index is -0.726. The van der Waals surface area contributed by atoms with Crippen LogP contribution in [0, 0.1) is 11.8 Å². The van der Waals surface area contributed by atoms with Crippen molar-refractivity contribution in [1.82, 2.24) is 5.32 Å². The van der Waals surface area contributed by atoms with E-state index in [0.29, 0.717) is 6.54 Å². The molecule has 0 aliphatic heterocycles. The van der Waals surface area contributed by atoms with E-state index in [9.17, 15) is 9.90 Å².